The van der Waals surface area contributed by atoms with Gasteiger partial charge in [0.15, 0.2) is 0 Å². The highest BCUT2D eigenvalue weighted by molar-refractivity contribution is 5.38. The third-order valence-electron chi connectivity index (χ3n) is 6.07. The lowest BCUT2D eigenvalue weighted by Gasteiger charge is -2.14. The fourth-order valence-corrected chi connectivity index (χ4v) is 4.25. The summed E-state index contributed by atoms with van der Waals surface area (Å²) >= 11 is 0. The summed E-state index contributed by atoms with van der Waals surface area (Å²) in [5.74, 6) is 0. The largest absolute Gasteiger partial charge is 0.368 e. The van der Waals surface area contributed by atoms with E-state index in [0.29, 0.717) is 6.10 Å². The van der Waals surface area contributed by atoms with Crippen LogP contribution in [0.15, 0.2) is 18.2 Å². The predicted molar refractivity (Wildman–Crippen MR) is 119 cm³/mol. The van der Waals surface area contributed by atoms with Gasteiger partial charge in [0.2, 0.25) is 0 Å². The molecule has 0 aromatic heterocycles. The molecule has 27 heavy (non-hydrogen) atoms. The zero-order valence-corrected chi connectivity index (χ0v) is 18.2. The Balaban J connectivity index is 1.75. The number of hydrogen-bond acceptors (Lipinski definition) is 1. The van der Waals surface area contributed by atoms with Crippen molar-refractivity contribution in [2.24, 2.45) is 0 Å². The van der Waals surface area contributed by atoms with Gasteiger partial charge in [-0.05, 0) is 42.4 Å². The number of aryl methyl sites for hydroxylation is 1. The van der Waals surface area contributed by atoms with Crippen LogP contribution in [-0.4, -0.2) is 6.61 Å². The van der Waals surface area contributed by atoms with Gasteiger partial charge in [0.25, 0.3) is 0 Å². The van der Waals surface area contributed by atoms with Crippen LogP contribution in [0.2, 0.25) is 0 Å². The van der Waals surface area contributed by atoms with Gasteiger partial charge < -0.3 is 4.74 Å². The molecular formula is C26H44O. The van der Waals surface area contributed by atoms with Crippen LogP contribution in [0.4, 0.5) is 0 Å². The number of hydrogen-bond donors (Lipinski definition) is 0. The highest BCUT2D eigenvalue weighted by Gasteiger charge is 2.27. The van der Waals surface area contributed by atoms with Crippen LogP contribution in [0.3, 0.4) is 0 Å². The molecule has 1 aromatic rings. The van der Waals surface area contributed by atoms with Crippen molar-refractivity contribution in [1.29, 1.82) is 0 Å². The first kappa shape index (κ1) is 22.5. The molecule has 0 amide bonds. The minimum absolute atomic E-state index is 0.401. The minimum atomic E-state index is 0.401. The first-order valence-electron chi connectivity index (χ1n) is 12.1. The molecule has 0 saturated carbocycles. The zero-order chi connectivity index (χ0) is 19.2. The molecule has 0 spiro atoms. The molecule has 1 atom stereocenters. The molecule has 1 aliphatic heterocycles. The molecule has 2 rings (SSSR count). The third-order valence-corrected chi connectivity index (χ3v) is 6.07. The lowest BCUT2D eigenvalue weighted by molar-refractivity contribution is 0.414. The highest BCUT2D eigenvalue weighted by Crippen LogP contribution is 2.35. The van der Waals surface area contributed by atoms with Crippen molar-refractivity contribution in [3.05, 3.63) is 34.9 Å². The second kappa shape index (κ2) is 14.2. The summed E-state index contributed by atoms with van der Waals surface area (Å²) in [4.78, 5) is 0. The quantitative estimate of drug-likeness (QED) is 0.198. The minimum Gasteiger partial charge on any atom is -0.368 e. The summed E-state index contributed by atoms with van der Waals surface area (Å²) in [5.41, 5.74) is 4.75. The maximum atomic E-state index is 5.64. The summed E-state index contributed by atoms with van der Waals surface area (Å²) in [7, 11) is 0. The van der Waals surface area contributed by atoms with Crippen LogP contribution < -0.4 is 0 Å². The van der Waals surface area contributed by atoms with Crippen molar-refractivity contribution in [2.45, 2.75) is 123 Å². The molecular weight excluding hydrogens is 328 g/mol. The Hall–Kier alpha value is -0.820. The monoisotopic (exact) mass is 372 g/mol. The Morgan fingerprint density at radius 3 is 1.78 bits per heavy atom. The van der Waals surface area contributed by atoms with Crippen molar-refractivity contribution in [2.75, 3.05) is 6.61 Å². The van der Waals surface area contributed by atoms with E-state index in [2.05, 4.69) is 32.0 Å². The van der Waals surface area contributed by atoms with Crippen LogP contribution in [0.1, 0.15) is 127 Å². The third kappa shape index (κ3) is 9.28. The average Bonchev–Trinajstić information content (AvgIpc) is 3.52. The van der Waals surface area contributed by atoms with Crippen molar-refractivity contribution in [3.8, 4) is 0 Å². The van der Waals surface area contributed by atoms with Crippen LogP contribution in [0.25, 0.3) is 0 Å². The molecule has 154 valence electrons. The highest BCUT2D eigenvalue weighted by atomic mass is 16.6. The van der Waals surface area contributed by atoms with Crippen LogP contribution in [-0.2, 0) is 17.6 Å². The number of benzene rings is 1. The van der Waals surface area contributed by atoms with E-state index in [0.717, 1.165) is 6.61 Å². The first-order valence-corrected chi connectivity index (χ1v) is 12.1. The Labute approximate surface area is 169 Å². The van der Waals surface area contributed by atoms with E-state index in [1.165, 1.54) is 108 Å². The summed E-state index contributed by atoms with van der Waals surface area (Å²) in [6, 6.07) is 6.98. The van der Waals surface area contributed by atoms with E-state index in [1.54, 1.807) is 11.1 Å². The molecule has 0 bridgehead atoms. The molecule has 1 heterocycles. The molecule has 1 unspecified atom stereocenters. The summed E-state index contributed by atoms with van der Waals surface area (Å²) < 4.78 is 5.64. The molecule has 0 radical (unpaired) electrons. The SMILES string of the molecule is CCCCCCCCCc1cccc(C2CO2)c1CCCCCCCCC. The molecule has 0 N–H and O–H groups in total. The van der Waals surface area contributed by atoms with Crippen molar-refractivity contribution in [3.63, 3.8) is 0 Å². The number of ether oxygens (including phenoxy) is 1. The topological polar surface area (TPSA) is 12.5 Å². The van der Waals surface area contributed by atoms with Gasteiger partial charge in [-0.15, -0.1) is 0 Å². The standard InChI is InChI=1S/C26H44O/c1-3-5-7-9-11-13-15-18-23-19-17-21-25(26-22-27-26)24(23)20-16-14-12-10-8-6-4-2/h17,19,21,26H,3-16,18,20,22H2,1-2H3. The number of epoxide rings is 1. The van der Waals surface area contributed by atoms with Gasteiger partial charge in [0.05, 0.1) is 6.61 Å². The number of unbranched alkanes of at least 4 members (excludes halogenated alkanes) is 12. The molecule has 1 nitrogen and oxygen atoms in total. The van der Waals surface area contributed by atoms with E-state index in [9.17, 15) is 0 Å². The number of rotatable bonds is 17. The first-order chi connectivity index (χ1) is 13.4. The van der Waals surface area contributed by atoms with Crippen molar-refractivity contribution < 1.29 is 4.74 Å². The van der Waals surface area contributed by atoms with E-state index >= 15 is 0 Å². The molecule has 1 aromatic carbocycles. The van der Waals surface area contributed by atoms with Gasteiger partial charge in [0.1, 0.15) is 6.10 Å². The van der Waals surface area contributed by atoms with Crippen LogP contribution in [0.5, 0.6) is 0 Å². The predicted octanol–water partition coefficient (Wildman–Crippen LogP) is 8.34. The van der Waals surface area contributed by atoms with Crippen molar-refractivity contribution in [1.82, 2.24) is 0 Å². The van der Waals surface area contributed by atoms with E-state index < -0.39 is 0 Å². The molecule has 1 heteroatoms. The van der Waals surface area contributed by atoms with Crippen LogP contribution >= 0.6 is 0 Å². The summed E-state index contributed by atoms with van der Waals surface area (Å²) in [6.07, 6.45) is 22.4. The van der Waals surface area contributed by atoms with Gasteiger partial charge in [-0.2, -0.15) is 0 Å². The van der Waals surface area contributed by atoms with Gasteiger partial charge in [-0.1, -0.05) is 109 Å². The Morgan fingerprint density at radius 2 is 1.22 bits per heavy atom. The van der Waals surface area contributed by atoms with Crippen LogP contribution in [0, 0.1) is 0 Å². The lowest BCUT2D eigenvalue weighted by Crippen LogP contribution is -2.01. The fourth-order valence-electron chi connectivity index (χ4n) is 4.25. The van der Waals surface area contributed by atoms with Gasteiger partial charge in [0, 0.05) is 0 Å². The maximum absolute atomic E-state index is 5.64. The Bertz CT molecular complexity index is 489. The summed E-state index contributed by atoms with van der Waals surface area (Å²) in [6.45, 7) is 5.53. The van der Waals surface area contributed by atoms with E-state index in [1.807, 2.05) is 0 Å². The normalized spacial score (nSPS) is 16.0. The van der Waals surface area contributed by atoms with Crippen molar-refractivity contribution >= 4 is 0 Å². The smallest absolute Gasteiger partial charge is 0.106 e. The maximum Gasteiger partial charge on any atom is 0.106 e. The summed E-state index contributed by atoms with van der Waals surface area (Å²) in [5, 5.41) is 0. The molecule has 1 aliphatic rings. The van der Waals surface area contributed by atoms with Gasteiger partial charge in [-0.3, -0.25) is 0 Å². The van der Waals surface area contributed by atoms with Gasteiger partial charge in [-0.25, -0.2) is 0 Å². The molecule has 1 saturated heterocycles. The average molecular weight is 373 g/mol. The lowest BCUT2D eigenvalue weighted by atomic mass is 9.91. The Morgan fingerprint density at radius 1 is 0.704 bits per heavy atom. The second-order valence-corrected chi connectivity index (χ2v) is 8.55. The van der Waals surface area contributed by atoms with E-state index in [-0.39, 0.29) is 0 Å². The Kier molecular flexibility index (Phi) is 11.8. The van der Waals surface area contributed by atoms with Gasteiger partial charge >= 0.3 is 0 Å². The zero-order valence-electron chi connectivity index (χ0n) is 18.2. The fraction of sp³-hybridized carbons (Fsp3) is 0.769. The van der Waals surface area contributed by atoms with E-state index in [4.69, 9.17) is 4.74 Å². The second-order valence-electron chi connectivity index (χ2n) is 8.55. The molecule has 1 fully saturated rings. The molecule has 0 aliphatic carbocycles.